The zero-order chi connectivity index (χ0) is 20.8. The Labute approximate surface area is 183 Å². The fraction of sp³-hybridized carbons (Fsp3) is 0.579. The Bertz CT molecular complexity index is 830. The second kappa shape index (κ2) is 10.4. The minimum atomic E-state index is 0.0856. The molecule has 2 amide bonds. The van der Waals surface area contributed by atoms with E-state index in [-0.39, 0.29) is 11.8 Å². The summed E-state index contributed by atoms with van der Waals surface area (Å²) in [6, 6.07) is 3.93. The second-order valence-electron chi connectivity index (χ2n) is 7.13. The van der Waals surface area contributed by atoms with Gasteiger partial charge in [-0.05, 0) is 11.4 Å². The highest BCUT2D eigenvalue weighted by atomic mass is 32.2. The van der Waals surface area contributed by atoms with E-state index in [1.165, 1.54) is 11.8 Å². The topological polar surface area (TPSA) is 92.0 Å². The number of ether oxygens (including phenoxy) is 1. The standard InChI is InChI=1S/C19H25N5O4S2/c25-17(13-29-14-18(26)24-7-9-27-10-8-24)23-5-3-22(4-6-23)12-16-20-19(21-28-16)15-2-1-11-30-15/h1-2,11H,3-10,12-14H2. The molecule has 0 bridgehead atoms. The molecule has 11 heteroatoms. The number of piperazine rings is 1. The molecule has 4 heterocycles. The van der Waals surface area contributed by atoms with Gasteiger partial charge in [0.15, 0.2) is 0 Å². The molecule has 2 aliphatic rings. The fourth-order valence-corrected chi connectivity index (χ4v) is 4.86. The molecule has 0 radical (unpaired) electrons. The highest BCUT2D eigenvalue weighted by Crippen LogP contribution is 2.21. The van der Waals surface area contributed by atoms with Crippen molar-refractivity contribution >= 4 is 34.9 Å². The number of carbonyl (C=O) groups excluding carboxylic acids is 2. The molecule has 2 aromatic rings. The monoisotopic (exact) mass is 451 g/mol. The van der Waals surface area contributed by atoms with Crippen molar-refractivity contribution in [3.63, 3.8) is 0 Å². The molecule has 9 nitrogen and oxygen atoms in total. The van der Waals surface area contributed by atoms with E-state index in [4.69, 9.17) is 9.26 Å². The number of aromatic nitrogens is 2. The van der Waals surface area contributed by atoms with Crippen LogP contribution in [0, 0.1) is 0 Å². The number of carbonyl (C=O) groups is 2. The van der Waals surface area contributed by atoms with Crippen molar-refractivity contribution in [2.45, 2.75) is 6.54 Å². The molecule has 2 aliphatic heterocycles. The third kappa shape index (κ3) is 5.60. The van der Waals surface area contributed by atoms with Gasteiger partial charge in [0, 0.05) is 39.3 Å². The van der Waals surface area contributed by atoms with E-state index in [0.29, 0.717) is 69.2 Å². The van der Waals surface area contributed by atoms with E-state index in [1.54, 1.807) is 16.2 Å². The number of nitrogens with zero attached hydrogens (tertiary/aromatic N) is 5. The van der Waals surface area contributed by atoms with Gasteiger partial charge < -0.3 is 19.1 Å². The van der Waals surface area contributed by atoms with E-state index in [9.17, 15) is 9.59 Å². The van der Waals surface area contributed by atoms with E-state index in [2.05, 4.69) is 15.0 Å². The quantitative estimate of drug-likeness (QED) is 0.617. The van der Waals surface area contributed by atoms with Crippen LogP contribution in [0.25, 0.3) is 10.7 Å². The summed E-state index contributed by atoms with van der Waals surface area (Å²) in [5, 5.41) is 6.03. The summed E-state index contributed by atoms with van der Waals surface area (Å²) < 4.78 is 10.6. The summed E-state index contributed by atoms with van der Waals surface area (Å²) in [5.74, 6) is 2.07. The third-order valence-corrected chi connectivity index (χ3v) is 6.88. The maximum atomic E-state index is 12.5. The first kappa shape index (κ1) is 21.3. The van der Waals surface area contributed by atoms with Gasteiger partial charge >= 0.3 is 0 Å². The van der Waals surface area contributed by atoms with Crippen LogP contribution < -0.4 is 0 Å². The molecule has 0 unspecified atom stereocenters. The molecule has 0 aromatic carbocycles. The van der Waals surface area contributed by atoms with Crippen LogP contribution in [0.2, 0.25) is 0 Å². The molecule has 2 fully saturated rings. The predicted molar refractivity (Wildman–Crippen MR) is 114 cm³/mol. The van der Waals surface area contributed by atoms with Crippen LogP contribution in [0.3, 0.4) is 0 Å². The zero-order valence-corrected chi connectivity index (χ0v) is 18.3. The van der Waals surface area contributed by atoms with Crippen LogP contribution in [0.5, 0.6) is 0 Å². The summed E-state index contributed by atoms with van der Waals surface area (Å²) in [4.78, 5) is 35.9. The van der Waals surface area contributed by atoms with Crippen molar-refractivity contribution in [3.05, 3.63) is 23.4 Å². The number of morpholine rings is 1. The summed E-state index contributed by atoms with van der Waals surface area (Å²) >= 11 is 2.97. The number of hydrogen-bond donors (Lipinski definition) is 0. The van der Waals surface area contributed by atoms with Gasteiger partial charge in [0.1, 0.15) is 0 Å². The summed E-state index contributed by atoms with van der Waals surface area (Å²) in [6.45, 7) is 5.93. The van der Waals surface area contributed by atoms with Gasteiger partial charge in [0.2, 0.25) is 23.5 Å². The molecule has 0 saturated carbocycles. The first-order valence-corrected chi connectivity index (χ1v) is 12.0. The van der Waals surface area contributed by atoms with Gasteiger partial charge in [-0.25, -0.2) is 0 Å². The Balaban J connectivity index is 1.15. The van der Waals surface area contributed by atoms with Crippen LogP contribution in [-0.4, -0.2) is 101 Å². The lowest BCUT2D eigenvalue weighted by Gasteiger charge is -2.34. The Hall–Kier alpha value is -1.95. The number of rotatable bonds is 7. The van der Waals surface area contributed by atoms with Gasteiger partial charge in [-0.3, -0.25) is 14.5 Å². The SMILES string of the molecule is O=C(CSCC(=O)N1CCN(Cc2nc(-c3cccs3)no2)CC1)N1CCOCC1. The van der Waals surface area contributed by atoms with Crippen molar-refractivity contribution in [1.29, 1.82) is 0 Å². The van der Waals surface area contributed by atoms with Crippen molar-refractivity contribution < 1.29 is 18.8 Å². The Morgan fingerprint density at radius 2 is 1.73 bits per heavy atom. The average Bonchev–Trinajstić information content (AvgIpc) is 3.47. The van der Waals surface area contributed by atoms with Gasteiger partial charge in [-0.1, -0.05) is 11.2 Å². The molecule has 0 aliphatic carbocycles. The third-order valence-electron chi connectivity index (χ3n) is 5.11. The normalized spacial score (nSPS) is 18.0. The maximum Gasteiger partial charge on any atom is 0.241 e. The summed E-state index contributed by atoms with van der Waals surface area (Å²) in [6.07, 6.45) is 0. The van der Waals surface area contributed by atoms with Gasteiger partial charge in [0.05, 0.1) is 36.1 Å². The first-order valence-electron chi connectivity index (χ1n) is 9.99. The molecule has 2 saturated heterocycles. The highest BCUT2D eigenvalue weighted by Gasteiger charge is 2.23. The lowest BCUT2D eigenvalue weighted by atomic mass is 10.3. The maximum absolute atomic E-state index is 12.5. The summed E-state index contributed by atoms with van der Waals surface area (Å²) in [5.41, 5.74) is 0. The Kier molecular flexibility index (Phi) is 7.37. The van der Waals surface area contributed by atoms with E-state index < -0.39 is 0 Å². The Morgan fingerprint density at radius 3 is 2.40 bits per heavy atom. The zero-order valence-electron chi connectivity index (χ0n) is 16.7. The average molecular weight is 452 g/mol. The molecule has 0 spiro atoms. The van der Waals surface area contributed by atoms with Crippen LogP contribution in [0.15, 0.2) is 22.0 Å². The molecular formula is C19H25N5O4S2. The van der Waals surface area contributed by atoms with Gasteiger partial charge in [-0.15, -0.1) is 23.1 Å². The van der Waals surface area contributed by atoms with Crippen LogP contribution in [0.1, 0.15) is 5.89 Å². The molecule has 0 N–H and O–H groups in total. The van der Waals surface area contributed by atoms with Crippen molar-refractivity contribution in [1.82, 2.24) is 24.8 Å². The van der Waals surface area contributed by atoms with E-state index >= 15 is 0 Å². The van der Waals surface area contributed by atoms with E-state index in [1.807, 2.05) is 22.4 Å². The fourth-order valence-electron chi connectivity index (χ4n) is 3.39. The van der Waals surface area contributed by atoms with Crippen LogP contribution in [-0.2, 0) is 20.9 Å². The van der Waals surface area contributed by atoms with Crippen LogP contribution in [0.4, 0.5) is 0 Å². The largest absolute Gasteiger partial charge is 0.378 e. The predicted octanol–water partition coefficient (Wildman–Crippen LogP) is 1.03. The minimum absolute atomic E-state index is 0.0856. The number of hydrogen-bond acceptors (Lipinski definition) is 9. The summed E-state index contributed by atoms with van der Waals surface area (Å²) in [7, 11) is 0. The molecule has 2 aromatic heterocycles. The molecular weight excluding hydrogens is 426 g/mol. The van der Waals surface area contributed by atoms with Gasteiger partial charge in [-0.2, -0.15) is 4.98 Å². The molecule has 30 heavy (non-hydrogen) atoms. The lowest BCUT2D eigenvalue weighted by molar-refractivity contribution is -0.132. The van der Waals surface area contributed by atoms with Crippen molar-refractivity contribution in [2.24, 2.45) is 0 Å². The number of amides is 2. The van der Waals surface area contributed by atoms with Crippen molar-refractivity contribution in [2.75, 3.05) is 64.0 Å². The second-order valence-corrected chi connectivity index (χ2v) is 9.07. The lowest BCUT2D eigenvalue weighted by Crippen LogP contribution is -2.49. The van der Waals surface area contributed by atoms with E-state index in [0.717, 1.165) is 18.0 Å². The van der Waals surface area contributed by atoms with Crippen LogP contribution >= 0.6 is 23.1 Å². The minimum Gasteiger partial charge on any atom is -0.378 e. The number of thioether (sulfide) groups is 1. The molecule has 0 atom stereocenters. The smallest absolute Gasteiger partial charge is 0.241 e. The van der Waals surface area contributed by atoms with Gasteiger partial charge in [0.25, 0.3) is 0 Å². The molecule has 4 rings (SSSR count). The highest BCUT2D eigenvalue weighted by molar-refractivity contribution is 8.00. The number of thiophene rings is 1. The molecule has 162 valence electrons. The first-order chi connectivity index (χ1) is 14.7. The van der Waals surface area contributed by atoms with Crippen molar-refractivity contribution in [3.8, 4) is 10.7 Å². The Morgan fingerprint density at radius 1 is 1.03 bits per heavy atom.